The normalized spacial score (nSPS) is 26.6. The van der Waals surface area contributed by atoms with Crippen LogP contribution in [0.25, 0.3) is 0 Å². The summed E-state index contributed by atoms with van der Waals surface area (Å²) in [7, 11) is 2.14. The van der Waals surface area contributed by atoms with E-state index in [4.69, 9.17) is 23.7 Å². The van der Waals surface area contributed by atoms with Crippen molar-refractivity contribution < 1.29 is 33.4 Å². The van der Waals surface area contributed by atoms with Gasteiger partial charge in [-0.2, -0.15) is 0 Å². The number of carbonyl (C=O) groups is 1. The van der Waals surface area contributed by atoms with Crippen LogP contribution >= 0.6 is 0 Å². The summed E-state index contributed by atoms with van der Waals surface area (Å²) in [4.78, 5) is 14.0. The number of rotatable bonds is 1. The molecule has 0 radical (unpaired) electrons. The highest BCUT2D eigenvalue weighted by Crippen LogP contribution is 2.49. The molecule has 1 N–H and O–H groups in total. The van der Waals surface area contributed by atoms with Gasteiger partial charge in [0, 0.05) is 17.5 Å². The maximum Gasteiger partial charge on any atom is 0.343 e. The zero-order chi connectivity index (χ0) is 18.1. The second kappa shape index (κ2) is 5.29. The number of quaternary nitrogens is 1. The zero-order valence-electron chi connectivity index (χ0n) is 14.7. The van der Waals surface area contributed by atoms with E-state index in [1.807, 2.05) is 18.2 Å². The smallest absolute Gasteiger partial charge is 0.343 e. The number of ether oxygens (including phenoxy) is 5. The van der Waals surface area contributed by atoms with E-state index in [0.29, 0.717) is 17.1 Å². The van der Waals surface area contributed by atoms with Crippen LogP contribution in [-0.2, 0) is 11.2 Å². The molecule has 0 amide bonds. The summed E-state index contributed by atoms with van der Waals surface area (Å²) in [5.74, 6) is 2.29. The Morgan fingerprint density at radius 3 is 2.63 bits per heavy atom. The van der Waals surface area contributed by atoms with Crippen molar-refractivity contribution in [3.63, 3.8) is 0 Å². The minimum Gasteiger partial charge on any atom is -0.454 e. The fourth-order valence-corrected chi connectivity index (χ4v) is 4.60. The predicted octanol–water partition coefficient (Wildman–Crippen LogP) is 1.17. The Bertz CT molecular complexity index is 987. The third-order valence-corrected chi connectivity index (χ3v) is 5.91. The van der Waals surface area contributed by atoms with Gasteiger partial charge in [-0.15, -0.1) is 0 Å². The minimum atomic E-state index is -0.374. The summed E-state index contributed by atoms with van der Waals surface area (Å²) in [6.07, 6.45) is 0.574. The van der Waals surface area contributed by atoms with Crippen molar-refractivity contribution in [3.05, 3.63) is 46.5 Å². The summed E-state index contributed by atoms with van der Waals surface area (Å²) in [6, 6.07) is 7.87. The lowest BCUT2D eigenvalue weighted by Crippen LogP contribution is -3.11. The van der Waals surface area contributed by atoms with E-state index in [-0.39, 0.29) is 31.7 Å². The summed E-state index contributed by atoms with van der Waals surface area (Å²) in [5, 5.41) is 0. The Kier molecular flexibility index (Phi) is 2.97. The molecular weight excluding hydrogens is 350 g/mol. The second-order valence-corrected chi connectivity index (χ2v) is 7.32. The molecule has 0 bridgehead atoms. The Morgan fingerprint density at radius 2 is 1.74 bits per heavy atom. The number of carbonyl (C=O) groups excluding carboxylic acids is 1. The topological polar surface area (TPSA) is 67.7 Å². The lowest BCUT2D eigenvalue weighted by atomic mass is 9.86. The lowest BCUT2D eigenvalue weighted by molar-refractivity contribution is -0.919. The molecular formula is C20H18NO6+. The largest absolute Gasteiger partial charge is 0.454 e. The number of esters is 1. The standard InChI is InChI=1S/C20H17NO6/c1-21-5-4-10-6-14-15(25-8-24-14)7-12(10)17(21)18-11-2-3-13-19(26-9-23-13)16(11)20(22)27-18/h2-3,6-7,17-18H,4-5,8-9H2,1H3/p+1/t17-,18-/m0/s1. The third-order valence-electron chi connectivity index (χ3n) is 5.91. The van der Waals surface area contributed by atoms with E-state index in [1.165, 1.54) is 10.5 Å². The number of cyclic esters (lactones) is 1. The van der Waals surface area contributed by atoms with Gasteiger partial charge in [-0.25, -0.2) is 4.79 Å². The Hall–Kier alpha value is -2.93. The van der Waals surface area contributed by atoms with Crippen LogP contribution in [0.15, 0.2) is 24.3 Å². The lowest BCUT2D eigenvalue weighted by Gasteiger charge is -2.34. The van der Waals surface area contributed by atoms with E-state index in [1.54, 1.807) is 0 Å². The molecule has 138 valence electrons. The molecule has 0 aromatic heterocycles. The summed E-state index contributed by atoms with van der Waals surface area (Å²) in [5.41, 5.74) is 3.72. The van der Waals surface area contributed by atoms with E-state index in [0.717, 1.165) is 35.6 Å². The highest BCUT2D eigenvalue weighted by atomic mass is 16.7. The fraction of sp³-hybridized carbons (Fsp3) is 0.350. The minimum absolute atomic E-state index is 0.0196. The van der Waals surface area contributed by atoms with Gasteiger partial charge in [-0.05, 0) is 23.8 Å². The Balaban J connectivity index is 1.49. The number of hydrogen-bond acceptors (Lipinski definition) is 6. The molecule has 4 aliphatic heterocycles. The van der Waals surface area contributed by atoms with Crippen LogP contribution in [-0.4, -0.2) is 33.1 Å². The van der Waals surface area contributed by atoms with Gasteiger partial charge in [0.2, 0.25) is 13.6 Å². The van der Waals surface area contributed by atoms with Crippen LogP contribution in [0.1, 0.15) is 39.2 Å². The highest BCUT2D eigenvalue weighted by molar-refractivity contribution is 5.98. The molecule has 0 spiro atoms. The Morgan fingerprint density at radius 1 is 0.963 bits per heavy atom. The van der Waals surface area contributed by atoms with Gasteiger partial charge in [0.15, 0.2) is 35.1 Å². The van der Waals surface area contributed by atoms with Crippen LogP contribution in [0.3, 0.4) is 0 Å². The number of benzene rings is 2. The molecule has 1 unspecified atom stereocenters. The first-order valence-corrected chi connectivity index (χ1v) is 9.09. The van der Waals surface area contributed by atoms with Gasteiger partial charge < -0.3 is 28.6 Å². The monoisotopic (exact) mass is 368 g/mol. The Labute approximate surface area is 155 Å². The average Bonchev–Trinajstić information content (AvgIpc) is 3.38. The maximum atomic E-state index is 12.7. The molecule has 7 heteroatoms. The average molecular weight is 368 g/mol. The SMILES string of the molecule is C[NH+]1CCc2cc3c(cc2[C@H]1[C@H]1OC(=O)c2c1ccc1c2OCO1)OCO3. The van der Waals surface area contributed by atoms with E-state index in [2.05, 4.69) is 13.1 Å². The van der Waals surface area contributed by atoms with Crippen molar-refractivity contribution in [3.8, 4) is 23.0 Å². The van der Waals surface area contributed by atoms with Crippen molar-refractivity contribution in [1.29, 1.82) is 0 Å². The second-order valence-electron chi connectivity index (χ2n) is 7.32. The van der Waals surface area contributed by atoms with Crippen LogP contribution in [0.2, 0.25) is 0 Å². The first-order valence-electron chi connectivity index (χ1n) is 9.09. The van der Waals surface area contributed by atoms with Gasteiger partial charge in [0.05, 0.1) is 13.6 Å². The van der Waals surface area contributed by atoms with Crippen molar-refractivity contribution in [1.82, 2.24) is 0 Å². The molecule has 2 aromatic carbocycles. The molecule has 3 atom stereocenters. The van der Waals surface area contributed by atoms with Gasteiger partial charge in [-0.3, -0.25) is 0 Å². The van der Waals surface area contributed by atoms with Crippen molar-refractivity contribution in [2.75, 3.05) is 27.2 Å². The van der Waals surface area contributed by atoms with Gasteiger partial charge in [-0.1, -0.05) is 6.07 Å². The number of fused-ring (bicyclic) bond motifs is 5. The number of likely N-dealkylation sites (N-methyl/N-ethyl adjacent to an activating group) is 1. The first kappa shape index (κ1) is 15.2. The molecule has 0 saturated heterocycles. The molecule has 7 nitrogen and oxygen atoms in total. The van der Waals surface area contributed by atoms with Crippen molar-refractivity contribution >= 4 is 5.97 Å². The number of nitrogens with one attached hydrogen (secondary N) is 1. The molecule has 6 rings (SSSR count). The van der Waals surface area contributed by atoms with Gasteiger partial charge in [0.1, 0.15) is 5.56 Å². The zero-order valence-corrected chi connectivity index (χ0v) is 14.7. The summed E-state index contributed by atoms with van der Waals surface area (Å²) < 4.78 is 27.9. The van der Waals surface area contributed by atoms with Crippen LogP contribution < -0.4 is 23.8 Å². The van der Waals surface area contributed by atoms with Crippen LogP contribution in [0.5, 0.6) is 23.0 Å². The molecule has 2 aromatic rings. The van der Waals surface area contributed by atoms with Crippen molar-refractivity contribution in [2.45, 2.75) is 18.6 Å². The molecule has 0 fully saturated rings. The van der Waals surface area contributed by atoms with Gasteiger partial charge >= 0.3 is 5.97 Å². The fourth-order valence-electron chi connectivity index (χ4n) is 4.60. The molecule has 4 aliphatic rings. The molecule has 27 heavy (non-hydrogen) atoms. The highest BCUT2D eigenvalue weighted by Gasteiger charge is 2.47. The quantitative estimate of drug-likeness (QED) is 0.763. The molecule has 0 saturated carbocycles. The predicted molar refractivity (Wildman–Crippen MR) is 91.5 cm³/mol. The first-order chi connectivity index (χ1) is 13.2. The maximum absolute atomic E-state index is 12.7. The van der Waals surface area contributed by atoms with E-state index >= 15 is 0 Å². The summed E-state index contributed by atoms with van der Waals surface area (Å²) in [6.45, 7) is 1.33. The van der Waals surface area contributed by atoms with Gasteiger partial charge in [0.25, 0.3) is 0 Å². The third kappa shape index (κ3) is 2.03. The molecule has 4 heterocycles. The van der Waals surface area contributed by atoms with Crippen molar-refractivity contribution in [2.24, 2.45) is 0 Å². The van der Waals surface area contributed by atoms with Crippen LogP contribution in [0, 0.1) is 0 Å². The molecule has 0 aliphatic carbocycles. The van der Waals surface area contributed by atoms with E-state index < -0.39 is 0 Å². The number of hydrogen-bond donors (Lipinski definition) is 1. The van der Waals surface area contributed by atoms with Crippen LogP contribution in [0.4, 0.5) is 0 Å². The summed E-state index contributed by atoms with van der Waals surface area (Å²) >= 11 is 0. The van der Waals surface area contributed by atoms with E-state index in [9.17, 15) is 4.79 Å².